The van der Waals surface area contributed by atoms with Gasteiger partial charge in [-0.1, -0.05) is 133 Å². The van der Waals surface area contributed by atoms with E-state index < -0.39 is 0 Å². The molecule has 0 aliphatic carbocycles. The summed E-state index contributed by atoms with van der Waals surface area (Å²) in [5.74, 6) is 0. The van der Waals surface area contributed by atoms with E-state index in [0.29, 0.717) is 0 Å². The molecule has 67 heavy (non-hydrogen) atoms. The number of para-hydroxylation sites is 2. The van der Waals surface area contributed by atoms with Gasteiger partial charge in [0, 0.05) is 59.7 Å². The molecule has 0 saturated heterocycles. The molecular weight excluding hydrogens is 813 g/mol. The molecule has 0 N–H and O–H groups in total. The minimum atomic E-state index is -0.0897. The molecule has 15 aromatic rings. The van der Waals surface area contributed by atoms with Crippen molar-refractivity contribution in [1.29, 1.82) is 0 Å². The normalized spacial score (nSPS) is 13.2. The fraction of sp³-hybridized carbons (Fsp3) is 0.127. The molecular formula is C63H46N4. The number of aromatic nitrogens is 4. The van der Waals surface area contributed by atoms with Crippen LogP contribution in [0.2, 0.25) is 0 Å². The van der Waals surface area contributed by atoms with Crippen molar-refractivity contribution in [3.8, 4) is 16.8 Å². The molecule has 0 aliphatic heterocycles. The zero-order valence-electron chi connectivity index (χ0n) is 38.5. The standard InChI is InChI=1S/C63H46N4/c1-62(2,3)39-30-44(38-24-25-53-45(27-38)43-22-14-15-23-52(43)65(53)41-19-8-7-9-20-41)58-50(33-39)56-42-21-13-12-18-37(42)28-51-57-55(66(58)60(51)56)34-49-48-32-40(63(4,5)6)31-47-46-26-35-16-10-11-17-36(35)29-54(46)67(59(47)48)61(49)64-57/h7-34H,1-6H3. The van der Waals surface area contributed by atoms with Gasteiger partial charge in [0.05, 0.1) is 44.1 Å². The van der Waals surface area contributed by atoms with Crippen molar-refractivity contribution in [2.75, 3.05) is 0 Å². The molecule has 0 radical (unpaired) electrons. The summed E-state index contributed by atoms with van der Waals surface area (Å²) in [6.45, 7) is 14.0. The van der Waals surface area contributed by atoms with Crippen molar-refractivity contribution >= 4 is 120 Å². The fourth-order valence-corrected chi connectivity index (χ4v) is 12.0. The lowest BCUT2D eigenvalue weighted by Crippen LogP contribution is -2.11. The number of hydrogen-bond acceptors (Lipinski definition) is 1. The lowest BCUT2D eigenvalue weighted by Gasteiger charge is -2.21. The third-order valence-corrected chi connectivity index (χ3v) is 15.3. The summed E-state index contributed by atoms with van der Waals surface area (Å²) >= 11 is 0. The van der Waals surface area contributed by atoms with Gasteiger partial charge in [-0.05, 0) is 128 Å². The summed E-state index contributed by atoms with van der Waals surface area (Å²) in [5.41, 5.74) is 16.7. The Morgan fingerprint density at radius 1 is 0.373 bits per heavy atom. The van der Waals surface area contributed by atoms with Gasteiger partial charge in [-0.25, -0.2) is 4.98 Å². The molecule has 318 valence electrons. The molecule has 0 bridgehead atoms. The predicted octanol–water partition coefficient (Wildman–Crippen LogP) is 17.0. The molecule has 0 fully saturated rings. The van der Waals surface area contributed by atoms with Crippen molar-refractivity contribution in [3.63, 3.8) is 0 Å². The molecule has 0 unspecified atom stereocenters. The average Bonchev–Trinajstić information content (AvgIpc) is 4.11. The van der Waals surface area contributed by atoms with Crippen molar-refractivity contribution in [1.82, 2.24) is 18.4 Å². The van der Waals surface area contributed by atoms with Gasteiger partial charge in [0.2, 0.25) is 0 Å². The first-order chi connectivity index (χ1) is 32.5. The fourth-order valence-electron chi connectivity index (χ4n) is 12.0. The SMILES string of the molecule is CC(C)(C)c1cc(-c2ccc3c(c2)c2ccccc2n3-c2ccccc2)c2c(c1)c1c3ccccc3cc3c4nc5c(cc4n2c31)c1cc(C(C)(C)C)cc2c3cc4ccccc4cc3n5c21. The van der Waals surface area contributed by atoms with Gasteiger partial charge in [-0.3, -0.25) is 4.40 Å². The third-order valence-electron chi connectivity index (χ3n) is 15.3. The Hall–Kier alpha value is -7.95. The van der Waals surface area contributed by atoms with Crippen LogP contribution in [-0.4, -0.2) is 18.4 Å². The van der Waals surface area contributed by atoms with Crippen LogP contribution in [0.3, 0.4) is 0 Å². The van der Waals surface area contributed by atoms with Crippen molar-refractivity contribution in [3.05, 3.63) is 181 Å². The van der Waals surface area contributed by atoms with E-state index in [1.165, 1.54) is 131 Å². The van der Waals surface area contributed by atoms with Crippen molar-refractivity contribution in [2.45, 2.75) is 52.4 Å². The molecule has 4 heteroatoms. The first kappa shape index (κ1) is 37.3. The van der Waals surface area contributed by atoms with Crippen molar-refractivity contribution in [2.24, 2.45) is 0 Å². The second kappa shape index (κ2) is 12.5. The molecule has 4 nitrogen and oxygen atoms in total. The van der Waals surface area contributed by atoms with Crippen LogP contribution in [0.1, 0.15) is 52.7 Å². The molecule has 6 aromatic heterocycles. The molecule has 0 aliphatic rings. The topological polar surface area (TPSA) is 26.6 Å². The molecule has 9 aromatic carbocycles. The summed E-state index contributed by atoms with van der Waals surface area (Å²) in [4.78, 5) is 5.90. The lowest BCUT2D eigenvalue weighted by molar-refractivity contribution is 0.591. The monoisotopic (exact) mass is 858 g/mol. The Labute approximate surface area is 386 Å². The molecule has 6 heterocycles. The van der Waals surface area contributed by atoms with E-state index in [1.807, 2.05) is 0 Å². The minimum Gasteiger partial charge on any atom is -0.309 e. The Morgan fingerprint density at radius 3 is 1.76 bits per heavy atom. The number of rotatable bonds is 2. The van der Waals surface area contributed by atoms with E-state index in [4.69, 9.17) is 4.98 Å². The lowest BCUT2D eigenvalue weighted by atomic mass is 9.83. The maximum atomic E-state index is 5.90. The highest BCUT2D eigenvalue weighted by Crippen LogP contribution is 2.50. The Kier molecular flexibility index (Phi) is 6.94. The van der Waals surface area contributed by atoms with Crippen LogP contribution in [0.4, 0.5) is 0 Å². The number of fused-ring (bicyclic) bond motifs is 18. The predicted molar refractivity (Wildman–Crippen MR) is 286 cm³/mol. The molecule has 0 saturated carbocycles. The number of hydrogen-bond donors (Lipinski definition) is 0. The van der Waals surface area contributed by atoms with E-state index in [2.05, 4.69) is 225 Å². The Balaban J connectivity index is 1.13. The second-order valence-corrected chi connectivity index (χ2v) is 21.2. The highest BCUT2D eigenvalue weighted by molar-refractivity contribution is 6.34. The third kappa shape index (κ3) is 4.84. The minimum absolute atomic E-state index is 0.0455. The number of benzene rings is 9. The Morgan fingerprint density at radius 2 is 0.985 bits per heavy atom. The summed E-state index contributed by atoms with van der Waals surface area (Å²) in [5, 5.41) is 16.3. The summed E-state index contributed by atoms with van der Waals surface area (Å²) in [6, 6.07) is 64.1. The zero-order chi connectivity index (χ0) is 44.8. The van der Waals surface area contributed by atoms with E-state index in [0.717, 1.165) is 16.7 Å². The highest BCUT2D eigenvalue weighted by Gasteiger charge is 2.29. The van der Waals surface area contributed by atoms with E-state index in [9.17, 15) is 0 Å². The summed E-state index contributed by atoms with van der Waals surface area (Å²) < 4.78 is 7.48. The Bertz CT molecular complexity index is 4620. The number of pyridine rings is 1. The van der Waals surface area contributed by atoms with Crippen LogP contribution in [0.5, 0.6) is 0 Å². The van der Waals surface area contributed by atoms with Crippen LogP contribution in [-0.2, 0) is 10.8 Å². The molecule has 0 spiro atoms. The second-order valence-electron chi connectivity index (χ2n) is 21.2. The summed E-state index contributed by atoms with van der Waals surface area (Å²) in [7, 11) is 0. The van der Waals surface area contributed by atoms with Crippen LogP contribution in [0.25, 0.3) is 137 Å². The van der Waals surface area contributed by atoms with Gasteiger partial charge < -0.3 is 8.97 Å². The van der Waals surface area contributed by atoms with Crippen LogP contribution < -0.4 is 0 Å². The van der Waals surface area contributed by atoms with Crippen LogP contribution >= 0.6 is 0 Å². The molecule has 0 amide bonds. The van der Waals surface area contributed by atoms with E-state index in [-0.39, 0.29) is 10.8 Å². The van der Waals surface area contributed by atoms with Gasteiger partial charge in [0.1, 0.15) is 5.65 Å². The van der Waals surface area contributed by atoms with Crippen LogP contribution in [0, 0.1) is 0 Å². The number of nitrogens with zero attached hydrogens (tertiary/aromatic N) is 4. The van der Waals surface area contributed by atoms with Gasteiger partial charge in [-0.2, -0.15) is 0 Å². The summed E-state index contributed by atoms with van der Waals surface area (Å²) in [6.07, 6.45) is 0. The van der Waals surface area contributed by atoms with E-state index >= 15 is 0 Å². The van der Waals surface area contributed by atoms with Gasteiger partial charge in [0.25, 0.3) is 0 Å². The smallest absolute Gasteiger partial charge is 0.146 e. The zero-order valence-corrected chi connectivity index (χ0v) is 38.5. The van der Waals surface area contributed by atoms with Crippen molar-refractivity contribution < 1.29 is 0 Å². The molecule has 0 atom stereocenters. The quantitative estimate of drug-likeness (QED) is 0.170. The maximum Gasteiger partial charge on any atom is 0.146 e. The highest BCUT2D eigenvalue weighted by atomic mass is 15.0. The van der Waals surface area contributed by atoms with Gasteiger partial charge in [0.15, 0.2) is 0 Å². The largest absolute Gasteiger partial charge is 0.309 e. The van der Waals surface area contributed by atoms with Gasteiger partial charge in [-0.15, -0.1) is 0 Å². The van der Waals surface area contributed by atoms with Gasteiger partial charge >= 0.3 is 0 Å². The molecule has 15 rings (SSSR count). The first-order valence-electron chi connectivity index (χ1n) is 23.7. The average molecular weight is 859 g/mol. The first-order valence-corrected chi connectivity index (χ1v) is 23.7. The van der Waals surface area contributed by atoms with Crippen LogP contribution in [0.15, 0.2) is 170 Å². The van der Waals surface area contributed by atoms with E-state index in [1.54, 1.807) is 0 Å². The maximum absolute atomic E-state index is 5.90.